The number of anilines is 1. The lowest BCUT2D eigenvalue weighted by atomic mass is 10.1. The van der Waals surface area contributed by atoms with E-state index in [2.05, 4.69) is 35.1 Å². The third-order valence-electron chi connectivity index (χ3n) is 7.71. The second-order valence-corrected chi connectivity index (χ2v) is 11.1. The van der Waals surface area contributed by atoms with Crippen molar-refractivity contribution in [3.05, 3.63) is 89.5 Å². The number of hydrogen-bond acceptors (Lipinski definition) is 8. The zero-order chi connectivity index (χ0) is 31.7. The average molecular weight is 617 g/mol. The summed E-state index contributed by atoms with van der Waals surface area (Å²) in [6.07, 6.45) is 0.308. The first kappa shape index (κ1) is 30.2. The van der Waals surface area contributed by atoms with Crippen LogP contribution in [0.5, 0.6) is 11.6 Å². The number of pyridine rings is 1. The Hall–Kier alpha value is -4.88. The fourth-order valence-corrected chi connectivity index (χ4v) is 5.18. The number of aryl methyl sites for hydroxylation is 2. The van der Waals surface area contributed by atoms with Crippen molar-refractivity contribution in [2.75, 3.05) is 38.5 Å². The van der Waals surface area contributed by atoms with E-state index in [0.717, 1.165) is 43.9 Å². The molecule has 1 aliphatic heterocycles. The van der Waals surface area contributed by atoms with Crippen molar-refractivity contribution in [1.82, 2.24) is 34.3 Å². The number of nitrogens with one attached hydrogen (secondary N) is 1. The Kier molecular flexibility index (Phi) is 8.21. The van der Waals surface area contributed by atoms with E-state index in [9.17, 15) is 18.0 Å². The summed E-state index contributed by atoms with van der Waals surface area (Å²) in [6, 6.07) is 12.2. The number of halogens is 3. The number of ether oxygens (including phenoxy) is 1. The number of nitrogens with zero attached hydrogens (tertiary/aromatic N) is 7. The van der Waals surface area contributed by atoms with Crippen LogP contribution < -0.4 is 10.1 Å². The molecule has 232 valence electrons. The van der Waals surface area contributed by atoms with Gasteiger partial charge in [-0.2, -0.15) is 18.2 Å². The zero-order valence-corrected chi connectivity index (χ0v) is 25.0. The number of piperazine rings is 1. The van der Waals surface area contributed by atoms with Crippen LogP contribution in [0.25, 0.3) is 22.6 Å². The van der Waals surface area contributed by atoms with Gasteiger partial charge in [-0.15, -0.1) is 0 Å². The summed E-state index contributed by atoms with van der Waals surface area (Å²) in [5.74, 6) is 0.336. The quantitative estimate of drug-likeness (QED) is 0.254. The third-order valence-corrected chi connectivity index (χ3v) is 7.71. The van der Waals surface area contributed by atoms with Crippen molar-refractivity contribution < 1.29 is 22.7 Å². The molecule has 1 N–H and O–H groups in total. The molecule has 1 saturated heterocycles. The third kappa shape index (κ3) is 6.79. The molecule has 13 heteroatoms. The molecule has 3 aromatic heterocycles. The first-order valence-corrected chi connectivity index (χ1v) is 14.3. The number of fused-ring (bicyclic) bond motifs is 1. The number of alkyl halides is 3. The van der Waals surface area contributed by atoms with Gasteiger partial charge in [-0.05, 0) is 67.6 Å². The molecule has 0 spiro atoms. The molecule has 5 aromatic rings. The number of likely N-dealkylation sites (N-methyl/N-ethyl adjacent to an activating group) is 1. The van der Waals surface area contributed by atoms with Gasteiger partial charge in [-0.3, -0.25) is 14.7 Å². The monoisotopic (exact) mass is 616 g/mol. The van der Waals surface area contributed by atoms with E-state index in [4.69, 9.17) is 4.74 Å². The first-order valence-electron chi connectivity index (χ1n) is 14.3. The minimum absolute atomic E-state index is 0.0673. The topological polar surface area (TPSA) is 101 Å². The summed E-state index contributed by atoms with van der Waals surface area (Å²) in [4.78, 5) is 35.4. The Morgan fingerprint density at radius 1 is 0.978 bits per heavy atom. The van der Waals surface area contributed by atoms with Crippen molar-refractivity contribution in [3.8, 4) is 23.0 Å². The van der Waals surface area contributed by atoms with Crippen molar-refractivity contribution in [3.63, 3.8) is 0 Å². The molecule has 1 amide bonds. The van der Waals surface area contributed by atoms with Gasteiger partial charge in [0.1, 0.15) is 5.75 Å². The van der Waals surface area contributed by atoms with Crippen LogP contribution in [-0.4, -0.2) is 73.4 Å². The van der Waals surface area contributed by atoms with E-state index in [1.54, 1.807) is 67.6 Å². The van der Waals surface area contributed by atoms with E-state index in [1.807, 2.05) is 7.05 Å². The Labute approximate surface area is 257 Å². The second kappa shape index (κ2) is 12.3. The molecule has 1 aliphatic rings. The second-order valence-electron chi connectivity index (χ2n) is 11.1. The summed E-state index contributed by atoms with van der Waals surface area (Å²) in [6.45, 7) is 5.28. The van der Waals surface area contributed by atoms with Gasteiger partial charge < -0.3 is 19.5 Å². The molecular formula is C32H31F3N8O2. The van der Waals surface area contributed by atoms with Gasteiger partial charge in [0.25, 0.3) is 11.8 Å². The van der Waals surface area contributed by atoms with E-state index in [0.29, 0.717) is 40.4 Å². The van der Waals surface area contributed by atoms with E-state index in [-0.39, 0.29) is 17.1 Å². The highest BCUT2D eigenvalue weighted by atomic mass is 19.4. The number of carbonyl (C=O) groups excluding carboxylic acids is 1. The summed E-state index contributed by atoms with van der Waals surface area (Å²) in [5.41, 5.74) is 2.30. The largest absolute Gasteiger partial charge is 0.437 e. The van der Waals surface area contributed by atoms with Crippen LogP contribution in [0.3, 0.4) is 0 Å². The maximum absolute atomic E-state index is 13.8. The molecule has 4 heterocycles. The van der Waals surface area contributed by atoms with Crippen LogP contribution in [0.4, 0.5) is 18.9 Å². The van der Waals surface area contributed by atoms with Gasteiger partial charge in [0.05, 0.1) is 11.9 Å². The van der Waals surface area contributed by atoms with Crippen LogP contribution in [-0.2, 0) is 19.8 Å². The fourth-order valence-electron chi connectivity index (χ4n) is 5.18. The van der Waals surface area contributed by atoms with Crippen LogP contribution in [0.15, 0.2) is 67.3 Å². The van der Waals surface area contributed by atoms with E-state index >= 15 is 0 Å². The molecular weight excluding hydrogens is 585 g/mol. The maximum Gasteiger partial charge on any atom is 0.416 e. The molecule has 0 aliphatic carbocycles. The smallest absolute Gasteiger partial charge is 0.416 e. The number of imidazole rings is 1. The molecule has 0 atom stereocenters. The molecule has 45 heavy (non-hydrogen) atoms. The standard InChI is InChI=1S/C32H31F3N8O2/c1-20-4-5-25(45-31-27-29(42(3)19-37-27)39-28(40-31)22-6-8-36-9-7-22)17-26(20)30(44)38-24-15-21(14-23(16-24)32(33,34)35)18-43-12-10-41(2)11-13-43/h4-9,14-17,19H,10-13,18H2,1-3H3,(H,38,44). The highest BCUT2D eigenvalue weighted by molar-refractivity contribution is 6.05. The highest BCUT2D eigenvalue weighted by Crippen LogP contribution is 2.34. The summed E-state index contributed by atoms with van der Waals surface area (Å²) in [5, 5.41) is 2.68. The van der Waals surface area contributed by atoms with E-state index in [1.165, 1.54) is 6.07 Å². The zero-order valence-electron chi connectivity index (χ0n) is 25.0. The number of rotatable bonds is 7. The normalized spacial score (nSPS) is 14.5. The SMILES string of the molecule is Cc1ccc(Oc2nc(-c3ccncc3)nc3c2ncn3C)cc1C(=O)Nc1cc(CN2CCN(C)CC2)cc(C(F)(F)F)c1. The van der Waals surface area contributed by atoms with Crippen molar-refractivity contribution in [2.24, 2.45) is 7.05 Å². The van der Waals surface area contributed by atoms with Crippen molar-refractivity contribution >= 4 is 22.8 Å². The fraction of sp³-hybridized carbons (Fsp3) is 0.281. The lowest BCUT2D eigenvalue weighted by molar-refractivity contribution is -0.137. The number of carbonyl (C=O) groups is 1. The summed E-state index contributed by atoms with van der Waals surface area (Å²) in [7, 11) is 3.82. The van der Waals surface area contributed by atoms with Gasteiger partial charge in [0.15, 0.2) is 17.0 Å². The molecule has 1 fully saturated rings. The molecule has 10 nitrogen and oxygen atoms in total. The van der Waals surface area contributed by atoms with Gasteiger partial charge >= 0.3 is 6.18 Å². The van der Waals surface area contributed by atoms with Crippen LogP contribution in [0.1, 0.15) is 27.0 Å². The maximum atomic E-state index is 13.8. The average Bonchev–Trinajstić information content (AvgIpc) is 3.39. The van der Waals surface area contributed by atoms with Crippen molar-refractivity contribution in [2.45, 2.75) is 19.6 Å². The van der Waals surface area contributed by atoms with Gasteiger partial charge in [0.2, 0.25) is 0 Å². The Morgan fingerprint density at radius 2 is 1.73 bits per heavy atom. The predicted molar refractivity (Wildman–Crippen MR) is 163 cm³/mol. The van der Waals surface area contributed by atoms with Gasteiger partial charge in [0, 0.05) is 69.0 Å². The van der Waals surface area contributed by atoms with Gasteiger partial charge in [-0.25, -0.2) is 9.97 Å². The number of amides is 1. The lowest BCUT2D eigenvalue weighted by Gasteiger charge is -2.32. The highest BCUT2D eigenvalue weighted by Gasteiger charge is 2.32. The van der Waals surface area contributed by atoms with Crippen molar-refractivity contribution in [1.29, 1.82) is 0 Å². The Morgan fingerprint density at radius 3 is 2.47 bits per heavy atom. The molecule has 2 aromatic carbocycles. The minimum Gasteiger partial charge on any atom is -0.437 e. The van der Waals surface area contributed by atoms with Gasteiger partial charge in [-0.1, -0.05) is 6.07 Å². The number of benzene rings is 2. The number of hydrogen-bond donors (Lipinski definition) is 1. The molecule has 0 radical (unpaired) electrons. The molecule has 0 bridgehead atoms. The Bertz CT molecular complexity index is 1850. The molecule has 0 saturated carbocycles. The molecule has 0 unspecified atom stereocenters. The minimum atomic E-state index is -4.56. The summed E-state index contributed by atoms with van der Waals surface area (Å²) < 4.78 is 49.4. The van der Waals surface area contributed by atoms with Crippen LogP contribution in [0.2, 0.25) is 0 Å². The Balaban J connectivity index is 1.27. The molecule has 6 rings (SSSR count). The predicted octanol–water partition coefficient (Wildman–Crippen LogP) is 5.54. The van der Waals surface area contributed by atoms with Crippen LogP contribution >= 0.6 is 0 Å². The first-order chi connectivity index (χ1) is 21.5. The lowest BCUT2D eigenvalue weighted by Crippen LogP contribution is -2.43. The van der Waals surface area contributed by atoms with E-state index < -0.39 is 17.6 Å². The number of aromatic nitrogens is 5. The van der Waals surface area contributed by atoms with Crippen LogP contribution in [0, 0.1) is 6.92 Å². The summed E-state index contributed by atoms with van der Waals surface area (Å²) >= 11 is 0.